The number of carbonyl (C=O) groups excluding carboxylic acids is 1. The van der Waals surface area contributed by atoms with Crippen LogP contribution in [0.2, 0.25) is 0 Å². The zero-order chi connectivity index (χ0) is 24.0. The van der Waals surface area contributed by atoms with Crippen LogP contribution < -0.4 is 14.8 Å². The van der Waals surface area contributed by atoms with Crippen molar-refractivity contribution in [3.8, 4) is 5.75 Å². The third-order valence-corrected chi connectivity index (χ3v) is 6.73. The summed E-state index contributed by atoms with van der Waals surface area (Å²) in [7, 11) is -4.07. The van der Waals surface area contributed by atoms with Crippen LogP contribution in [0.15, 0.2) is 96.0 Å². The minimum atomic E-state index is -4.07. The number of pyridine rings is 1. The minimum absolute atomic E-state index is 0.0196. The molecule has 0 radical (unpaired) electrons. The summed E-state index contributed by atoms with van der Waals surface area (Å²) in [6.07, 6.45) is 1.71. The first-order valence-corrected chi connectivity index (χ1v) is 12.4. The Hall–Kier alpha value is -3.75. The molecule has 34 heavy (non-hydrogen) atoms. The van der Waals surface area contributed by atoms with Gasteiger partial charge in [0.05, 0.1) is 17.8 Å². The zero-order valence-electron chi connectivity index (χ0n) is 18.6. The maximum Gasteiger partial charge on any atom is 0.243 e. The lowest BCUT2D eigenvalue weighted by Crippen LogP contribution is -2.45. The van der Waals surface area contributed by atoms with Gasteiger partial charge in [0.25, 0.3) is 0 Å². The Labute approximate surface area is 198 Å². The molecular weight excluding hydrogens is 450 g/mol. The number of aromatic nitrogens is 1. The summed E-state index contributed by atoms with van der Waals surface area (Å²) >= 11 is 0. The van der Waals surface area contributed by atoms with E-state index in [0.29, 0.717) is 28.9 Å². The Balaban J connectivity index is 1.67. The van der Waals surface area contributed by atoms with Gasteiger partial charge in [-0.25, -0.2) is 8.42 Å². The monoisotopic (exact) mass is 475 g/mol. The molecule has 2 N–H and O–H groups in total. The quantitative estimate of drug-likeness (QED) is 0.379. The predicted molar refractivity (Wildman–Crippen MR) is 132 cm³/mol. The third-order valence-electron chi connectivity index (χ3n) is 5.23. The van der Waals surface area contributed by atoms with Crippen LogP contribution in [-0.2, 0) is 21.2 Å². The van der Waals surface area contributed by atoms with E-state index in [1.54, 1.807) is 54.7 Å². The van der Waals surface area contributed by atoms with Crippen LogP contribution in [0.3, 0.4) is 0 Å². The van der Waals surface area contributed by atoms with Crippen molar-refractivity contribution in [1.29, 1.82) is 0 Å². The molecule has 8 heteroatoms. The second-order valence-electron chi connectivity index (χ2n) is 7.61. The summed E-state index contributed by atoms with van der Waals surface area (Å²) in [5.41, 5.74) is 1.64. The second kappa shape index (κ2) is 10.5. The molecule has 1 atom stereocenters. The van der Waals surface area contributed by atoms with Gasteiger partial charge >= 0.3 is 0 Å². The van der Waals surface area contributed by atoms with Crippen molar-refractivity contribution in [2.24, 2.45) is 0 Å². The van der Waals surface area contributed by atoms with Crippen LogP contribution in [-0.4, -0.2) is 32.0 Å². The van der Waals surface area contributed by atoms with E-state index in [0.717, 1.165) is 5.56 Å². The van der Waals surface area contributed by atoms with Crippen molar-refractivity contribution in [2.45, 2.75) is 24.3 Å². The number of nitrogens with zero attached hydrogens (tertiary/aromatic N) is 1. The highest BCUT2D eigenvalue weighted by molar-refractivity contribution is 7.89. The van der Waals surface area contributed by atoms with Gasteiger partial charge in [0.2, 0.25) is 15.9 Å². The standard InChI is InChI=1S/C26H25N3O4S/c1-2-33-23-15-7-6-14-21(23)28-26(30)22(18-19-10-4-3-5-11-19)29-34(31,32)24-16-8-12-20-13-9-17-27-25(20)24/h3-17,22,29H,2,18H2,1H3,(H,28,30)/t22-/m0/s1. The first-order chi connectivity index (χ1) is 16.5. The molecule has 0 aliphatic rings. The summed E-state index contributed by atoms with van der Waals surface area (Å²) in [4.78, 5) is 17.6. The highest BCUT2D eigenvalue weighted by atomic mass is 32.2. The smallest absolute Gasteiger partial charge is 0.243 e. The fraction of sp³-hybridized carbons (Fsp3) is 0.154. The molecule has 0 fully saturated rings. The van der Waals surface area contributed by atoms with Crippen molar-refractivity contribution in [3.05, 3.63) is 96.7 Å². The van der Waals surface area contributed by atoms with Gasteiger partial charge in [-0.3, -0.25) is 9.78 Å². The molecule has 0 saturated heterocycles. The number of ether oxygens (including phenoxy) is 1. The van der Waals surface area contributed by atoms with Gasteiger partial charge in [-0.15, -0.1) is 0 Å². The Morgan fingerprint density at radius 1 is 0.941 bits per heavy atom. The van der Waals surface area contributed by atoms with Crippen LogP contribution in [0.5, 0.6) is 5.75 Å². The first-order valence-electron chi connectivity index (χ1n) is 10.9. The number of nitrogens with one attached hydrogen (secondary N) is 2. The molecular formula is C26H25N3O4S. The molecule has 7 nitrogen and oxygen atoms in total. The zero-order valence-corrected chi connectivity index (χ0v) is 19.5. The van der Waals surface area contributed by atoms with Crippen LogP contribution >= 0.6 is 0 Å². The summed E-state index contributed by atoms with van der Waals surface area (Å²) < 4.78 is 35.0. The molecule has 4 aromatic rings. The van der Waals surface area contributed by atoms with E-state index in [9.17, 15) is 13.2 Å². The molecule has 0 bridgehead atoms. The highest BCUT2D eigenvalue weighted by Gasteiger charge is 2.28. The summed E-state index contributed by atoms with van der Waals surface area (Å²) in [6.45, 7) is 2.28. The predicted octanol–water partition coefficient (Wildman–Crippen LogP) is 4.16. The Morgan fingerprint density at radius 3 is 2.47 bits per heavy atom. The topological polar surface area (TPSA) is 97.4 Å². The second-order valence-corrected chi connectivity index (χ2v) is 9.30. The molecule has 0 saturated carbocycles. The number of fused-ring (bicyclic) bond motifs is 1. The van der Waals surface area contributed by atoms with Crippen molar-refractivity contribution >= 4 is 32.5 Å². The molecule has 0 aliphatic heterocycles. The SMILES string of the molecule is CCOc1ccccc1NC(=O)[C@H](Cc1ccccc1)NS(=O)(=O)c1cccc2cccnc12. The van der Waals surface area contributed by atoms with E-state index >= 15 is 0 Å². The van der Waals surface area contributed by atoms with Crippen molar-refractivity contribution < 1.29 is 17.9 Å². The molecule has 0 spiro atoms. The molecule has 4 rings (SSSR count). The van der Waals surface area contributed by atoms with Crippen LogP contribution in [0, 0.1) is 0 Å². The summed E-state index contributed by atoms with van der Waals surface area (Å²) in [5, 5.41) is 3.51. The molecule has 0 unspecified atom stereocenters. The van der Waals surface area contributed by atoms with Gasteiger partial charge in [-0.05, 0) is 43.2 Å². The molecule has 1 heterocycles. The lowest BCUT2D eigenvalue weighted by Gasteiger charge is -2.20. The number of benzene rings is 3. The third kappa shape index (κ3) is 5.41. The van der Waals surface area contributed by atoms with Crippen LogP contribution in [0.25, 0.3) is 10.9 Å². The largest absolute Gasteiger partial charge is 0.492 e. The van der Waals surface area contributed by atoms with Crippen molar-refractivity contribution in [2.75, 3.05) is 11.9 Å². The lowest BCUT2D eigenvalue weighted by molar-refractivity contribution is -0.117. The van der Waals surface area contributed by atoms with Gasteiger partial charge in [-0.1, -0.05) is 60.7 Å². The van der Waals surface area contributed by atoms with Crippen molar-refractivity contribution in [1.82, 2.24) is 9.71 Å². The maximum absolute atomic E-state index is 13.4. The van der Waals surface area contributed by atoms with Crippen LogP contribution in [0.1, 0.15) is 12.5 Å². The van der Waals surface area contributed by atoms with E-state index in [4.69, 9.17) is 4.74 Å². The Kier molecular flexibility index (Phi) is 7.20. The van der Waals surface area contributed by atoms with E-state index in [2.05, 4.69) is 15.0 Å². The van der Waals surface area contributed by atoms with Gasteiger partial charge in [0.1, 0.15) is 16.7 Å². The van der Waals surface area contributed by atoms with Gasteiger partial charge in [0, 0.05) is 11.6 Å². The first kappa shape index (κ1) is 23.4. The lowest BCUT2D eigenvalue weighted by atomic mass is 10.1. The average Bonchev–Trinajstić information content (AvgIpc) is 2.85. The molecule has 1 amide bonds. The number of amides is 1. The number of hydrogen-bond donors (Lipinski definition) is 2. The van der Waals surface area contributed by atoms with Gasteiger partial charge in [0.15, 0.2) is 0 Å². The van der Waals surface area contributed by atoms with E-state index in [-0.39, 0.29) is 11.3 Å². The minimum Gasteiger partial charge on any atom is -0.492 e. The van der Waals surface area contributed by atoms with E-state index < -0.39 is 22.0 Å². The van der Waals surface area contributed by atoms with Gasteiger partial charge in [-0.2, -0.15) is 4.72 Å². The van der Waals surface area contributed by atoms with Crippen molar-refractivity contribution in [3.63, 3.8) is 0 Å². The van der Waals surface area contributed by atoms with Gasteiger partial charge < -0.3 is 10.1 Å². The maximum atomic E-state index is 13.4. The number of hydrogen-bond acceptors (Lipinski definition) is 5. The number of anilines is 1. The molecule has 174 valence electrons. The van der Waals surface area contributed by atoms with Crippen LogP contribution in [0.4, 0.5) is 5.69 Å². The summed E-state index contributed by atoms with van der Waals surface area (Å²) in [6, 6.07) is 23.7. The number of para-hydroxylation sites is 3. The normalized spacial score (nSPS) is 12.3. The highest BCUT2D eigenvalue weighted by Crippen LogP contribution is 2.25. The fourth-order valence-corrected chi connectivity index (χ4v) is 5.03. The average molecular weight is 476 g/mol. The van der Waals surface area contributed by atoms with E-state index in [1.807, 2.05) is 37.3 Å². The molecule has 3 aromatic carbocycles. The Morgan fingerprint density at radius 2 is 1.68 bits per heavy atom. The number of rotatable bonds is 9. The molecule has 1 aromatic heterocycles. The number of carbonyl (C=O) groups is 1. The fourth-order valence-electron chi connectivity index (χ4n) is 3.65. The number of sulfonamides is 1. The molecule has 0 aliphatic carbocycles. The Bertz CT molecular complexity index is 1390. The summed E-state index contributed by atoms with van der Waals surface area (Å²) in [5.74, 6) is 0.0192. The van der Waals surface area contributed by atoms with E-state index in [1.165, 1.54) is 6.07 Å².